The number of hydrogen-bond acceptors (Lipinski definition) is 4. The molecule has 2 aromatic carbocycles. The Hall–Kier alpha value is -3.35. The van der Waals surface area contributed by atoms with E-state index in [0.717, 1.165) is 17.5 Å². The lowest BCUT2D eigenvalue weighted by molar-refractivity contribution is -0.136. The van der Waals surface area contributed by atoms with Crippen LogP contribution in [0.15, 0.2) is 63.5 Å². The first-order chi connectivity index (χ1) is 13.5. The van der Waals surface area contributed by atoms with Crippen molar-refractivity contribution in [3.8, 4) is 34.2 Å². The number of fused-ring (bicyclic) bond motifs is 3. The molecule has 1 aliphatic carbocycles. The molecule has 0 spiro atoms. The summed E-state index contributed by atoms with van der Waals surface area (Å²) >= 11 is 0. The minimum absolute atomic E-state index is 0.181. The van der Waals surface area contributed by atoms with Gasteiger partial charge < -0.3 is 8.94 Å². The monoisotopic (exact) mass is 382 g/mol. The Morgan fingerprint density at radius 1 is 0.857 bits per heavy atom. The Morgan fingerprint density at radius 2 is 1.61 bits per heavy atom. The van der Waals surface area contributed by atoms with E-state index in [1.54, 1.807) is 18.2 Å². The zero-order valence-corrected chi connectivity index (χ0v) is 14.5. The van der Waals surface area contributed by atoms with E-state index >= 15 is 0 Å². The molecule has 4 nitrogen and oxygen atoms in total. The van der Waals surface area contributed by atoms with Gasteiger partial charge in [0.15, 0.2) is 17.2 Å². The molecular weight excluding hydrogens is 369 g/mol. The van der Waals surface area contributed by atoms with Crippen molar-refractivity contribution in [3.63, 3.8) is 0 Å². The fourth-order valence-electron chi connectivity index (χ4n) is 3.53. The predicted octanol–water partition coefficient (Wildman–Crippen LogP) is 5.78. The fraction of sp³-hybridized carbons (Fsp3) is 0.143. The normalized spacial score (nSPS) is 13.2. The molecule has 1 aliphatic rings. The summed E-state index contributed by atoms with van der Waals surface area (Å²) in [6, 6.07) is 15.7. The number of rotatable bonds is 2. The smallest absolute Gasteiger partial charge is 0.422 e. The summed E-state index contributed by atoms with van der Waals surface area (Å²) in [5.74, 6) is -0.0335. The van der Waals surface area contributed by atoms with Crippen molar-refractivity contribution in [2.45, 2.75) is 19.0 Å². The molecule has 2 heterocycles. The highest BCUT2D eigenvalue weighted by atomic mass is 19.4. The van der Waals surface area contributed by atoms with Gasteiger partial charge in [0.2, 0.25) is 5.89 Å². The molecule has 0 unspecified atom stereocenters. The molecule has 0 saturated heterocycles. The molecule has 4 aromatic rings. The number of alkyl halides is 3. The molecule has 28 heavy (non-hydrogen) atoms. The van der Waals surface area contributed by atoms with E-state index in [9.17, 15) is 13.2 Å². The van der Waals surface area contributed by atoms with Gasteiger partial charge in [0.1, 0.15) is 5.56 Å². The van der Waals surface area contributed by atoms with E-state index in [1.165, 1.54) is 12.1 Å². The molecule has 0 fully saturated rings. The van der Waals surface area contributed by atoms with Gasteiger partial charge in [-0.25, -0.2) is 4.98 Å². The van der Waals surface area contributed by atoms with E-state index < -0.39 is 17.4 Å². The minimum Gasteiger partial charge on any atom is -0.434 e. The van der Waals surface area contributed by atoms with Gasteiger partial charge >= 0.3 is 6.18 Å². The van der Waals surface area contributed by atoms with Gasteiger partial charge in [0, 0.05) is 11.1 Å². The van der Waals surface area contributed by atoms with Gasteiger partial charge in [0.25, 0.3) is 0 Å². The van der Waals surface area contributed by atoms with Crippen LogP contribution in [0.4, 0.5) is 13.2 Å². The van der Waals surface area contributed by atoms with Crippen LogP contribution < -0.4 is 0 Å². The molecule has 0 aliphatic heterocycles. The summed E-state index contributed by atoms with van der Waals surface area (Å²) in [5.41, 5.74) is 1.44. The Kier molecular flexibility index (Phi) is 3.65. The number of oxazole rings is 1. The summed E-state index contributed by atoms with van der Waals surface area (Å²) < 4.78 is 52.5. The third-order valence-corrected chi connectivity index (χ3v) is 4.80. The second-order valence-corrected chi connectivity index (χ2v) is 6.55. The number of hydrogen-bond donors (Lipinski definition) is 0. The number of aryl methyl sites for hydroxylation is 2. The number of benzene rings is 2. The standard InChI is InChI=1S/C21H13F3N2O2/c22-21(23,24)16-17(26-28-18(16)13-7-2-1-3-8-13)20-25-15-11-10-12-6-4-5-9-14(12)19(15)27-20/h1-9H,10-11H2. The Labute approximate surface area is 157 Å². The molecule has 0 atom stereocenters. The molecule has 0 bridgehead atoms. The molecular formula is C21H13F3N2O2. The quantitative estimate of drug-likeness (QED) is 0.441. The lowest BCUT2D eigenvalue weighted by Gasteiger charge is -2.12. The van der Waals surface area contributed by atoms with Crippen LogP contribution in [0, 0.1) is 0 Å². The highest BCUT2D eigenvalue weighted by molar-refractivity contribution is 5.73. The highest BCUT2D eigenvalue weighted by Crippen LogP contribution is 2.44. The van der Waals surface area contributed by atoms with Crippen molar-refractivity contribution in [3.05, 3.63) is 71.4 Å². The molecule has 0 N–H and O–H groups in total. The molecule has 0 radical (unpaired) electrons. The van der Waals surface area contributed by atoms with Gasteiger partial charge in [-0.3, -0.25) is 0 Å². The van der Waals surface area contributed by atoms with E-state index in [-0.39, 0.29) is 17.2 Å². The van der Waals surface area contributed by atoms with Crippen LogP contribution >= 0.6 is 0 Å². The van der Waals surface area contributed by atoms with Crippen LogP contribution in [0.5, 0.6) is 0 Å². The fourth-order valence-corrected chi connectivity index (χ4v) is 3.53. The van der Waals surface area contributed by atoms with Crippen molar-refractivity contribution in [2.24, 2.45) is 0 Å². The first-order valence-corrected chi connectivity index (χ1v) is 8.73. The number of nitrogens with zero attached hydrogens (tertiary/aromatic N) is 2. The topological polar surface area (TPSA) is 52.1 Å². The SMILES string of the molecule is FC(F)(F)c1c(-c2nc3c(o2)-c2ccccc2CC3)noc1-c1ccccc1. The van der Waals surface area contributed by atoms with Crippen LogP contribution in [-0.4, -0.2) is 10.1 Å². The predicted molar refractivity (Wildman–Crippen MR) is 95.3 cm³/mol. The summed E-state index contributed by atoms with van der Waals surface area (Å²) in [6.45, 7) is 0. The van der Waals surface area contributed by atoms with Crippen molar-refractivity contribution in [1.29, 1.82) is 0 Å². The van der Waals surface area contributed by atoms with Crippen molar-refractivity contribution >= 4 is 0 Å². The second-order valence-electron chi connectivity index (χ2n) is 6.55. The summed E-state index contributed by atoms with van der Waals surface area (Å²) in [6.07, 6.45) is -3.32. The van der Waals surface area contributed by atoms with Gasteiger partial charge in [-0.05, 0) is 18.4 Å². The van der Waals surface area contributed by atoms with Crippen molar-refractivity contribution < 1.29 is 22.1 Å². The van der Waals surface area contributed by atoms with E-state index in [2.05, 4.69) is 10.1 Å². The summed E-state index contributed by atoms with van der Waals surface area (Å²) in [7, 11) is 0. The molecule has 140 valence electrons. The average molecular weight is 382 g/mol. The minimum atomic E-state index is -4.67. The lowest BCUT2D eigenvalue weighted by atomic mass is 9.93. The van der Waals surface area contributed by atoms with Crippen LogP contribution in [0.1, 0.15) is 16.8 Å². The third kappa shape index (κ3) is 2.62. The van der Waals surface area contributed by atoms with Crippen LogP contribution in [0.25, 0.3) is 34.2 Å². The zero-order chi connectivity index (χ0) is 19.3. The van der Waals surface area contributed by atoms with Crippen molar-refractivity contribution in [2.75, 3.05) is 0 Å². The summed E-state index contributed by atoms with van der Waals surface area (Å²) in [5, 5.41) is 3.68. The molecule has 7 heteroatoms. The van der Waals surface area contributed by atoms with E-state index in [4.69, 9.17) is 8.94 Å². The maximum atomic E-state index is 13.9. The van der Waals surface area contributed by atoms with Crippen LogP contribution in [0.3, 0.4) is 0 Å². The Bertz CT molecular complexity index is 1160. The average Bonchev–Trinajstić information content (AvgIpc) is 3.33. The molecule has 0 saturated carbocycles. The lowest BCUT2D eigenvalue weighted by Crippen LogP contribution is -2.07. The second kappa shape index (κ2) is 6.09. The molecule has 5 rings (SSSR count). The molecule has 2 aromatic heterocycles. The first-order valence-electron chi connectivity index (χ1n) is 8.73. The van der Waals surface area contributed by atoms with Crippen LogP contribution in [-0.2, 0) is 19.0 Å². The summed E-state index contributed by atoms with van der Waals surface area (Å²) in [4.78, 5) is 4.31. The first kappa shape index (κ1) is 16.8. The van der Waals surface area contributed by atoms with Gasteiger partial charge in [-0.1, -0.05) is 59.8 Å². The van der Waals surface area contributed by atoms with Gasteiger partial charge in [-0.2, -0.15) is 13.2 Å². The van der Waals surface area contributed by atoms with E-state index in [1.807, 2.05) is 24.3 Å². The van der Waals surface area contributed by atoms with Crippen molar-refractivity contribution in [1.82, 2.24) is 10.1 Å². The maximum absolute atomic E-state index is 13.9. The number of halogens is 3. The Balaban J connectivity index is 1.68. The van der Waals surface area contributed by atoms with Crippen LogP contribution in [0.2, 0.25) is 0 Å². The highest BCUT2D eigenvalue weighted by Gasteiger charge is 2.43. The Morgan fingerprint density at radius 3 is 2.39 bits per heavy atom. The number of aromatic nitrogens is 2. The zero-order valence-electron chi connectivity index (χ0n) is 14.5. The largest absolute Gasteiger partial charge is 0.434 e. The van der Waals surface area contributed by atoms with E-state index in [0.29, 0.717) is 17.9 Å². The van der Waals surface area contributed by atoms with Gasteiger partial charge in [-0.15, -0.1) is 0 Å². The third-order valence-electron chi connectivity index (χ3n) is 4.80. The van der Waals surface area contributed by atoms with Gasteiger partial charge in [0.05, 0.1) is 5.69 Å². The molecule has 0 amide bonds. The maximum Gasteiger partial charge on any atom is 0.422 e.